The van der Waals surface area contributed by atoms with Gasteiger partial charge in [-0.1, -0.05) is 23.6 Å². The molecular formula is C18H16N2O4S. The first-order chi connectivity index (χ1) is 12.1. The van der Waals surface area contributed by atoms with E-state index in [1.54, 1.807) is 23.6 Å². The van der Waals surface area contributed by atoms with E-state index in [1.165, 1.54) is 0 Å². The maximum atomic E-state index is 11.7. The lowest BCUT2D eigenvalue weighted by atomic mass is 9.94. The number of nitrogens with zero attached hydrogens (tertiary/aromatic N) is 2. The summed E-state index contributed by atoms with van der Waals surface area (Å²) in [5.41, 5.74) is 3.36. The van der Waals surface area contributed by atoms with Crippen molar-refractivity contribution in [1.82, 2.24) is 4.90 Å². The van der Waals surface area contributed by atoms with E-state index in [0.29, 0.717) is 10.5 Å². The molecular weight excluding hydrogens is 340 g/mol. The highest BCUT2D eigenvalue weighted by Crippen LogP contribution is 2.69. The van der Waals surface area contributed by atoms with Gasteiger partial charge >= 0.3 is 11.9 Å². The molecule has 0 saturated carbocycles. The second-order valence-electron chi connectivity index (χ2n) is 6.01. The molecule has 3 heterocycles. The van der Waals surface area contributed by atoms with Gasteiger partial charge in [-0.2, -0.15) is 5.26 Å². The largest absolute Gasteiger partial charge is 0.441 e. The van der Waals surface area contributed by atoms with Crippen molar-refractivity contribution in [2.75, 3.05) is 19.6 Å². The Kier molecular flexibility index (Phi) is 3.67. The molecule has 0 N–H and O–H groups in total. The molecule has 0 bridgehead atoms. The predicted molar refractivity (Wildman–Crippen MR) is 92.0 cm³/mol. The Morgan fingerprint density at radius 2 is 2.04 bits per heavy atom. The molecule has 0 unspecified atom stereocenters. The number of fused-ring (bicyclic) bond motifs is 2. The molecule has 1 spiro atoms. The molecule has 1 aromatic rings. The average molecular weight is 356 g/mol. The van der Waals surface area contributed by atoms with Crippen LogP contribution in [0.3, 0.4) is 0 Å². The highest BCUT2D eigenvalue weighted by molar-refractivity contribution is 8.29. The Morgan fingerprint density at radius 1 is 1.28 bits per heavy atom. The Labute approximate surface area is 147 Å². The molecule has 0 atom stereocenters. The van der Waals surface area contributed by atoms with Crippen LogP contribution in [-0.4, -0.2) is 36.5 Å². The molecule has 128 valence electrons. The molecule has 1 aromatic carbocycles. The summed E-state index contributed by atoms with van der Waals surface area (Å²) in [6.45, 7) is 4.90. The van der Waals surface area contributed by atoms with Crippen molar-refractivity contribution >= 4 is 28.1 Å². The standard InChI is InChI=1S/C18H16N2O4S/c1-2-20-7-5-13(6-8-20)15-11-25(23-17(21)18(22)24-25)16-4-3-12(10-19)9-14(15)16/h3-5,9,11H,2,6-8H2,1H3. The molecule has 7 heteroatoms. The van der Waals surface area contributed by atoms with Crippen LogP contribution in [0.5, 0.6) is 0 Å². The molecule has 0 aliphatic carbocycles. The second kappa shape index (κ2) is 5.76. The first-order valence-corrected chi connectivity index (χ1v) is 9.59. The van der Waals surface area contributed by atoms with E-state index in [-0.39, 0.29) is 0 Å². The highest BCUT2D eigenvalue weighted by atomic mass is 32.3. The molecule has 0 radical (unpaired) electrons. The van der Waals surface area contributed by atoms with E-state index in [1.807, 2.05) is 0 Å². The van der Waals surface area contributed by atoms with E-state index in [2.05, 4.69) is 24.0 Å². The van der Waals surface area contributed by atoms with Crippen LogP contribution in [0.1, 0.15) is 24.5 Å². The molecule has 0 amide bonds. The Bertz CT molecular complexity index is 881. The van der Waals surface area contributed by atoms with Gasteiger partial charge in [-0.15, -0.1) is 0 Å². The zero-order valence-corrected chi connectivity index (χ0v) is 14.5. The van der Waals surface area contributed by atoms with Crippen LogP contribution < -0.4 is 0 Å². The number of hydrogen-bond donors (Lipinski definition) is 0. The number of benzene rings is 1. The van der Waals surface area contributed by atoms with Crippen LogP contribution in [0.25, 0.3) is 5.57 Å². The Hall–Kier alpha value is -2.56. The molecule has 4 rings (SSSR count). The molecule has 3 aliphatic rings. The van der Waals surface area contributed by atoms with Crippen LogP contribution >= 0.6 is 10.6 Å². The predicted octanol–water partition coefficient (Wildman–Crippen LogP) is 2.66. The van der Waals surface area contributed by atoms with Crippen molar-refractivity contribution in [3.05, 3.63) is 46.4 Å². The van der Waals surface area contributed by atoms with Crippen molar-refractivity contribution in [2.45, 2.75) is 18.2 Å². The first-order valence-electron chi connectivity index (χ1n) is 8.05. The molecule has 1 fully saturated rings. The minimum absolute atomic E-state index is 0.517. The van der Waals surface area contributed by atoms with Crippen LogP contribution in [0, 0.1) is 11.3 Å². The van der Waals surface area contributed by atoms with E-state index in [9.17, 15) is 14.9 Å². The summed E-state index contributed by atoms with van der Waals surface area (Å²) >= 11 is 0. The number of carbonyl (C=O) groups is 2. The van der Waals surface area contributed by atoms with E-state index in [4.69, 9.17) is 8.37 Å². The summed E-state index contributed by atoms with van der Waals surface area (Å²) in [6, 6.07) is 7.28. The van der Waals surface area contributed by atoms with Crippen LogP contribution in [0.15, 0.2) is 40.2 Å². The topological polar surface area (TPSA) is 79.6 Å². The molecule has 25 heavy (non-hydrogen) atoms. The lowest BCUT2D eigenvalue weighted by Crippen LogP contribution is -2.28. The lowest BCUT2D eigenvalue weighted by Gasteiger charge is -2.28. The molecule has 6 nitrogen and oxygen atoms in total. The monoisotopic (exact) mass is 356 g/mol. The zero-order valence-electron chi connectivity index (χ0n) is 13.7. The average Bonchev–Trinajstić information content (AvgIpc) is 3.11. The highest BCUT2D eigenvalue weighted by Gasteiger charge is 2.47. The summed E-state index contributed by atoms with van der Waals surface area (Å²) in [7, 11) is -2.55. The fraction of sp³-hybridized carbons (Fsp3) is 0.278. The number of carbonyl (C=O) groups excluding carboxylic acids is 2. The van der Waals surface area contributed by atoms with Crippen molar-refractivity contribution in [3.63, 3.8) is 0 Å². The fourth-order valence-electron chi connectivity index (χ4n) is 3.28. The Morgan fingerprint density at radius 3 is 2.64 bits per heavy atom. The van der Waals surface area contributed by atoms with Gasteiger partial charge in [-0.3, -0.25) is 4.90 Å². The van der Waals surface area contributed by atoms with Gasteiger partial charge in [0.25, 0.3) is 0 Å². The van der Waals surface area contributed by atoms with E-state index < -0.39 is 22.5 Å². The number of hydrogen-bond acceptors (Lipinski definition) is 6. The third kappa shape index (κ3) is 2.46. The number of likely N-dealkylation sites (N-methyl/N-ethyl adjacent to an activating group) is 1. The van der Waals surface area contributed by atoms with Crippen molar-refractivity contribution in [1.29, 1.82) is 5.26 Å². The second-order valence-corrected chi connectivity index (χ2v) is 8.11. The summed E-state index contributed by atoms with van der Waals surface area (Å²) < 4.78 is 10.7. The van der Waals surface area contributed by atoms with E-state index in [0.717, 1.165) is 42.8 Å². The van der Waals surface area contributed by atoms with Crippen LogP contribution in [0.4, 0.5) is 0 Å². The number of nitriles is 1. The lowest BCUT2D eigenvalue weighted by molar-refractivity contribution is -0.150. The smallest absolute Gasteiger partial charge is 0.325 e. The summed E-state index contributed by atoms with van der Waals surface area (Å²) in [5, 5.41) is 11.0. The molecule has 0 aromatic heterocycles. The quantitative estimate of drug-likeness (QED) is 0.758. The zero-order chi connectivity index (χ0) is 17.6. The number of allylic oxidation sites excluding steroid dienone is 1. The van der Waals surface area contributed by atoms with Gasteiger partial charge in [0.05, 0.1) is 21.9 Å². The minimum Gasteiger partial charge on any atom is -0.325 e. The van der Waals surface area contributed by atoms with Crippen LogP contribution in [-0.2, 0) is 18.0 Å². The number of rotatable bonds is 2. The van der Waals surface area contributed by atoms with Crippen LogP contribution in [0.2, 0.25) is 0 Å². The van der Waals surface area contributed by atoms with Crippen molar-refractivity contribution < 1.29 is 18.0 Å². The third-order valence-corrected chi connectivity index (χ3v) is 6.94. The van der Waals surface area contributed by atoms with Gasteiger partial charge in [0.2, 0.25) is 0 Å². The van der Waals surface area contributed by atoms with Gasteiger partial charge in [0.15, 0.2) is 0 Å². The SMILES string of the molecule is CCN1CC=C(C2=CS3(OC(=O)C(=O)O3)c3ccc(C#N)cc32)CC1. The third-order valence-electron chi connectivity index (χ3n) is 4.63. The first kappa shape index (κ1) is 15.9. The van der Waals surface area contributed by atoms with Gasteiger partial charge in [0.1, 0.15) is 0 Å². The van der Waals surface area contributed by atoms with E-state index >= 15 is 0 Å². The normalized spacial score (nSPS) is 22.6. The molecule has 3 aliphatic heterocycles. The Balaban J connectivity index is 1.82. The summed E-state index contributed by atoms with van der Waals surface area (Å²) in [6.07, 6.45) is 3.01. The van der Waals surface area contributed by atoms with Gasteiger partial charge in [-0.05, 0) is 36.7 Å². The maximum absolute atomic E-state index is 11.7. The van der Waals surface area contributed by atoms with Crippen molar-refractivity contribution in [3.8, 4) is 6.07 Å². The summed E-state index contributed by atoms with van der Waals surface area (Å²) in [5.74, 6) is -1.92. The van der Waals surface area contributed by atoms with Gasteiger partial charge in [-0.25, -0.2) is 9.59 Å². The van der Waals surface area contributed by atoms with Gasteiger partial charge < -0.3 is 8.37 Å². The molecule has 1 saturated heterocycles. The van der Waals surface area contributed by atoms with Crippen molar-refractivity contribution in [2.24, 2.45) is 0 Å². The fourth-order valence-corrected chi connectivity index (χ4v) is 5.62. The minimum atomic E-state index is -2.55. The van der Waals surface area contributed by atoms with Gasteiger partial charge in [0, 0.05) is 24.2 Å². The maximum Gasteiger partial charge on any atom is 0.441 e. The summed E-state index contributed by atoms with van der Waals surface area (Å²) in [4.78, 5) is 26.3.